The number of benzene rings is 1. The average Bonchev–Trinajstić information content (AvgIpc) is 2.43. The summed E-state index contributed by atoms with van der Waals surface area (Å²) in [7, 11) is 0. The van der Waals surface area contributed by atoms with Crippen LogP contribution in [0.15, 0.2) is 36.4 Å². The fourth-order valence-electron chi connectivity index (χ4n) is 1.58. The summed E-state index contributed by atoms with van der Waals surface area (Å²) in [6.45, 7) is 5.24. The van der Waals surface area contributed by atoms with Crippen LogP contribution in [0.25, 0.3) is 0 Å². The van der Waals surface area contributed by atoms with Crippen LogP contribution in [-0.2, 0) is 21.2 Å². The Hall–Kier alpha value is -1.81. The number of ether oxygens (including phenoxy) is 2. The van der Waals surface area contributed by atoms with Gasteiger partial charge in [-0.1, -0.05) is 25.1 Å². The van der Waals surface area contributed by atoms with Gasteiger partial charge in [0.15, 0.2) is 6.61 Å². The summed E-state index contributed by atoms with van der Waals surface area (Å²) in [5.74, 6) is 0.115. The molecule has 0 unspecified atom stereocenters. The molecule has 0 aliphatic rings. The third-order valence-electron chi connectivity index (χ3n) is 2.58. The molecule has 0 bridgehead atoms. The van der Waals surface area contributed by atoms with E-state index >= 15 is 0 Å². The molecule has 0 aromatic heterocycles. The molecule has 4 heteroatoms. The van der Waals surface area contributed by atoms with Gasteiger partial charge >= 0.3 is 5.97 Å². The van der Waals surface area contributed by atoms with Crippen LogP contribution in [0.5, 0.6) is 5.75 Å². The smallest absolute Gasteiger partial charge is 0.345 e. The first-order chi connectivity index (χ1) is 9.46. The van der Waals surface area contributed by atoms with Gasteiger partial charge in [-0.3, -0.25) is 0 Å². The molecule has 1 aromatic rings. The molecule has 1 aromatic carbocycles. The van der Waals surface area contributed by atoms with E-state index in [1.54, 1.807) is 24.3 Å². The number of carbonyl (C=O) groups is 1. The Labute approximate surface area is 120 Å². The van der Waals surface area contributed by atoms with Gasteiger partial charge < -0.3 is 9.47 Å². The van der Waals surface area contributed by atoms with Crippen molar-refractivity contribution in [2.75, 3.05) is 6.61 Å². The van der Waals surface area contributed by atoms with Crippen LogP contribution in [0.4, 0.5) is 0 Å². The predicted molar refractivity (Wildman–Crippen MR) is 75.9 cm³/mol. The zero-order chi connectivity index (χ0) is 15.0. The Balaban J connectivity index is 2.44. The van der Waals surface area contributed by atoms with E-state index in [4.69, 9.17) is 9.47 Å². The molecule has 0 aliphatic carbocycles. The second-order valence-electron chi connectivity index (χ2n) is 4.97. The van der Waals surface area contributed by atoms with E-state index in [0.717, 1.165) is 6.42 Å². The Bertz CT molecular complexity index is 446. The second-order valence-corrected chi connectivity index (χ2v) is 4.97. The van der Waals surface area contributed by atoms with Crippen LogP contribution in [-0.4, -0.2) is 18.2 Å². The van der Waals surface area contributed by atoms with E-state index in [1.807, 2.05) is 32.9 Å². The van der Waals surface area contributed by atoms with E-state index < -0.39 is 11.6 Å². The Morgan fingerprint density at radius 1 is 1.25 bits per heavy atom. The molecule has 0 fully saturated rings. The molecule has 109 valence electrons. The van der Waals surface area contributed by atoms with Gasteiger partial charge in [0.2, 0.25) is 0 Å². The van der Waals surface area contributed by atoms with Crippen LogP contribution in [0.1, 0.15) is 32.8 Å². The monoisotopic (exact) mass is 277 g/mol. The topological polar surface area (TPSA) is 55.4 Å². The first-order valence-corrected chi connectivity index (χ1v) is 6.66. The number of carbonyl (C=O) groups excluding carboxylic acids is 1. The van der Waals surface area contributed by atoms with Crippen LogP contribution in [0, 0.1) is 0 Å². The van der Waals surface area contributed by atoms with Gasteiger partial charge in [0, 0.05) is 0 Å². The minimum absolute atomic E-state index is 0.153. The Morgan fingerprint density at radius 2 is 1.90 bits per heavy atom. The lowest BCUT2D eigenvalue weighted by Gasteiger charge is -2.21. The molecule has 0 atom stereocenters. The third-order valence-corrected chi connectivity index (χ3v) is 2.58. The maximum atomic E-state index is 11.7. The molecule has 20 heavy (non-hydrogen) atoms. The molecule has 0 amide bonds. The fraction of sp³-hybridized carbons (Fsp3) is 0.438. The number of hydrogen-bond donors (Lipinski definition) is 0. The maximum absolute atomic E-state index is 11.7. The highest BCUT2D eigenvalue weighted by atomic mass is 16.6. The quantitative estimate of drug-likeness (QED) is 0.567. The van der Waals surface area contributed by atoms with Crippen molar-refractivity contribution < 1.29 is 19.4 Å². The molecule has 4 nitrogen and oxygen atoms in total. The lowest BCUT2D eigenvalue weighted by molar-refractivity contribution is -0.154. The summed E-state index contributed by atoms with van der Waals surface area (Å²) < 4.78 is 10.6. The molecular formula is C16H21O4. The minimum atomic E-state index is -0.636. The number of rotatable bonds is 7. The highest BCUT2D eigenvalue weighted by Gasteiger charge is 2.19. The maximum Gasteiger partial charge on any atom is 0.345 e. The van der Waals surface area contributed by atoms with Crippen molar-refractivity contribution in [3.05, 3.63) is 42.0 Å². The normalized spacial score (nSPS) is 11.6. The van der Waals surface area contributed by atoms with Gasteiger partial charge in [-0.2, -0.15) is 0 Å². The zero-order valence-electron chi connectivity index (χ0n) is 12.2. The molecule has 1 radical (unpaired) electrons. The van der Waals surface area contributed by atoms with Crippen molar-refractivity contribution in [2.24, 2.45) is 0 Å². The van der Waals surface area contributed by atoms with Gasteiger partial charge in [-0.05, 0) is 44.0 Å². The summed E-state index contributed by atoms with van der Waals surface area (Å²) >= 11 is 0. The third kappa shape index (κ3) is 5.89. The van der Waals surface area contributed by atoms with Gasteiger partial charge in [-0.25, -0.2) is 9.90 Å². The van der Waals surface area contributed by atoms with Gasteiger partial charge in [0.25, 0.3) is 0 Å². The molecule has 0 heterocycles. The van der Waals surface area contributed by atoms with Crippen molar-refractivity contribution in [3.8, 4) is 5.75 Å². The van der Waals surface area contributed by atoms with Crippen molar-refractivity contribution in [3.63, 3.8) is 0 Å². The lowest BCUT2D eigenvalue weighted by Crippen LogP contribution is -2.28. The van der Waals surface area contributed by atoms with Gasteiger partial charge in [-0.15, -0.1) is 0 Å². The summed E-state index contributed by atoms with van der Waals surface area (Å²) in [5, 5.41) is 10.6. The summed E-state index contributed by atoms with van der Waals surface area (Å²) in [4.78, 5) is 11.7. The molecular weight excluding hydrogens is 256 g/mol. The number of esters is 1. The fourth-order valence-corrected chi connectivity index (χ4v) is 1.58. The van der Waals surface area contributed by atoms with Gasteiger partial charge in [0.05, 0.1) is 0 Å². The average molecular weight is 277 g/mol. The number of allylic oxidation sites excluding steroid dienone is 1. The van der Waals surface area contributed by atoms with Crippen LogP contribution < -0.4 is 4.74 Å². The molecule has 0 N–H and O–H groups in total. The Morgan fingerprint density at radius 3 is 2.45 bits per heavy atom. The van der Waals surface area contributed by atoms with Crippen molar-refractivity contribution >= 4 is 5.97 Å². The van der Waals surface area contributed by atoms with Crippen LogP contribution in [0.2, 0.25) is 0 Å². The molecule has 0 saturated carbocycles. The van der Waals surface area contributed by atoms with Crippen molar-refractivity contribution in [1.29, 1.82) is 0 Å². The standard InChI is InChI=1S/C16H21O4/c1-4-5-10-16(2,3)20-15(18)12-19-14-8-6-13(11-17)7-9-14/h5-10H,4,11-12H2,1-3H3/b10-5+. The summed E-state index contributed by atoms with van der Waals surface area (Å²) in [5.41, 5.74) is 0.0498. The van der Waals surface area contributed by atoms with E-state index in [0.29, 0.717) is 11.3 Å². The second kappa shape index (κ2) is 7.70. The highest BCUT2D eigenvalue weighted by molar-refractivity contribution is 5.71. The number of hydrogen-bond acceptors (Lipinski definition) is 3. The van der Waals surface area contributed by atoms with E-state index in [1.165, 1.54) is 0 Å². The van der Waals surface area contributed by atoms with Crippen molar-refractivity contribution in [1.82, 2.24) is 0 Å². The predicted octanol–water partition coefficient (Wildman–Crippen LogP) is 3.28. The molecule has 0 saturated heterocycles. The van der Waals surface area contributed by atoms with E-state index in [9.17, 15) is 9.90 Å². The van der Waals surface area contributed by atoms with E-state index in [2.05, 4.69) is 0 Å². The zero-order valence-corrected chi connectivity index (χ0v) is 12.2. The molecule has 1 rings (SSSR count). The van der Waals surface area contributed by atoms with E-state index in [-0.39, 0.29) is 13.2 Å². The SMILES string of the molecule is CC/C=C/C(C)(C)OC(=O)COc1ccc(C[O])cc1. The molecule has 0 spiro atoms. The largest absolute Gasteiger partial charge is 0.482 e. The van der Waals surface area contributed by atoms with Gasteiger partial charge in [0.1, 0.15) is 18.0 Å². The minimum Gasteiger partial charge on any atom is -0.482 e. The first kappa shape index (κ1) is 16.2. The highest BCUT2D eigenvalue weighted by Crippen LogP contribution is 2.14. The first-order valence-electron chi connectivity index (χ1n) is 6.66. The van der Waals surface area contributed by atoms with Crippen molar-refractivity contribution in [2.45, 2.75) is 39.4 Å². The summed E-state index contributed by atoms with van der Waals surface area (Å²) in [6.07, 6.45) is 4.70. The molecule has 0 aliphatic heterocycles. The summed E-state index contributed by atoms with van der Waals surface area (Å²) in [6, 6.07) is 6.70. The van der Waals surface area contributed by atoms with Crippen LogP contribution in [0.3, 0.4) is 0 Å². The Kier molecular flexibility index (Phi) is 6.25. The lowest BCUT2D eigenvalue weighted by atomic mass is 10.1. The van der Waals surface area contributed by atoms with Crippen LogP contribution >= 0.6 is 0 Å².